The number of hydrazone groups is 2. The van der Waals surface area contributed by atoms with Gasteiger partial charge >= 0.3 is 0 Å². The standard InChI is InChI=1S/C29H33N5O2/c1-18(2)24-11-7-22(8-12-24)16-30-33-28(35)26-15-27(21(6)32-20(26)5)29(36)34-31-17-23-9-13-25(14-10-23)19(3)4/h7-19H,1-6H3,(H,33,35)(H,34,36). The Kier molecular flexibility index (Phi) is 8.84. The molecule has 2 N–H and O–H groups in total. The number of carbonyl (C=O) groups excluding carboxylic acids is 2. The van der Waals surface area contributed by atoms with Gasteiger partial charge in [0, 0.05) is 0 Å². The first kappa shape index (κ1) is 26.5. The Morgan fingerprint density at radius 3 is 1.39 bits per heavy atom. The molecular formula is C29H33N5O2. The fourth-order valence-corrected chi connectivity index (χ4v) is 3.57. The van der Waals surface area contributed by atoms with E-state index in [-0.39, 0.29) is 11.1 Å². The molecule has 3 aromatic rings. The Morgan fingerprint density at radius 1 is 0.694 bits per heavy atom. The van der Waals surface area contributed by atoms with Crippen LogP contribution in [-0.2, 0) is 0 Å². The van der Waals surface area contributed by atoms with E-state index < -0.39 is 11.8 Å². The second-order valence-electron chi connectivity index (χ2n) is 9.30. The lowest BCUT2D eigenvalue weighted by Gasteiger charge is -2.09. The summed E-state index contributed by atoms with van der Waals surface area (Å²) in [7, 11) is 0. The monoisotopic (exact) mass is 483 g/mol. The number of aryl methyl sites for hydroxylation is 2. The first-order valence-electron chi connectivity index (χ1n) is 12.0. The first-order valence-corrected chi connectivity index (χ1v) is 12.0. The molecule has 1 aromatic heterocycles. The summed E-state index contributed by atoms with van der Waals surface area (Å²) in [5, 5.41) is 8.11. The molecule has 7 heteroatoms. The molecule has 0 bridgehead atoms. The van der Waals surface area contributed by atoms with E-state index in [0.29, 0.717) is 23.2 Å². The quantitative estimate of drug-likeness (QED) is 0.328. The van der Waals surface area contributed by atoms with Crippen molar-refractivity contribution in [1.82, 2.24) is 15.8 Å². The number of benzene rings is 2. The minimum absolute atomic E-state index is 0.270. The predicted octanol–water partition coefficient (Wildman–Crippen LogP) is 5.47. The summed E-state index contributed by atoms with van der Waals surface area (Å²) in [6, 6.07) is 17.5. The van der Waals surface area contributed by atoms with Crippen molar-refractivity contribution in [3.63, 3.8) is 0 Å². The lowest BCUT2D eigenvalue weighted by atomic mass is 10.0. The summed E-state index contributed by atoms with van der Waals surface area (Å²) in [4.78, 5) is 29.8. The summed E-state index contributed by atoms with van der Waals surface area (Å²) >= 11 is 0. The smallest absolute Gasteiger partial charge is 0.267 e. The molecule has 0 spiro atoms. The van der Waals surface area contributed by atoms with E-state index in [1.165, 1.54) is 17.2 Å². The number of amides is 2. The number of rotatable bonds is 8. The highest BCUT2D eigenvalue weighted by Crippen LogP contribution is 2.16. The third-order valence-electron chi connectivity index (χ3n) is 5.86. The van der Waals surface area contributed by atoms with Gasteiger partial charge in [-0.05, 0) is 54.0 Å². The van der Waals surface area contributed by atoms with Crippen molar-refractivity contribution in [3.8, 4) is 0 Å². The SMILES string of the molecule is Cc1nc(C)c(C(=O)NN=Cc2ccc(C(C)C)cc2)cc1C(=O)NN=Cc1ccc(C(C)C)cc1. The van der Waals surface area contributed by atoms with Gasteiger partial charge in [-0.25, -0.2) is 10.9 Å². The molecule has 0 atom stereocenters. The molecule has 0 aliphatic carbocycles. The van der Waals surface area contributed by atoms with Crippen molar-refractivity contribution >= 4 is 24.2 Å². The van der Waals surface area contributed by atoms with Crippen molar-refractivity contribution in [2.45, 2.75) is 53.4 Å². The topological polar surface area (TPSA) is 95.8 Å². The van der Waals surface area contributed by atoms with Gasteiger partial charge in [-0.1, -0.05) is 76.2 Å². The van der Waals surface area contributed by atoms with Crippen LogP contribution in [0.1, 0.15) is 93.9 Å². The number of nitrogens with one attached hydrogen (secondary N) is 2. The zero-order valence-electron chi connectivity index (χ0n) is 21.7. The average Bonchev–Trinajstić information content (AvgIpc) is 2.84. The average molecular weight is 484 g/mol. The van der Waals surface area contributed by atoms with Gasteiger partial charge in [-0.2, -0.15) is 10.2 Å². The Morgan fingerprint density at radius 2 is 1.06 bits per heavy atom. The number of nitrogens with zero attached hydrogens (tertiary/aromatic N) is 3. The van der Waals surface area contributed by atoms with Gasteiger partial charge in [0.1, 0.15) is 0 Å². The fourth-order valence-electron chi connectivity index (χ4n) is 3.57. The number of hydrogen-bond donors (Lipinski definition) is 2. The van der Waals surface area contributed by atoms with Crippen LogP contribution in [0.4, 0.5) is 0 Å². The van der Waals surface area contributed by atoms with E-state index in [2.05, 4.69) is 53.7 Å². The number of aromatic nitrogens is 1. The third kappa shape index (κ3) is 6.95. The Balaban J connectivity index is 1.66. The molecule has 0 aliphatic rings. The van der Waals surface area contributed by atoms with Gasteiger partial charge in [0.25, 0.3) is 11.8 Å². The minimum atomic E-state index is -0.446. The van der Waals surface area contributed by atoms with Crippen molar-refractivity contribution in [1.29, 1.82) is 0 Å². The van der Waals surface area contributed by atoms with Crippen molar-refractivity contribution in [3.05, 3.63) is 99.4 Å². The number of pyridine rings is 1. The summed E-state index contributed by atoms with van der Waals surface area (Å²) in [6.45, 7) is 12.0. The Hall–Kier alpha value is -4.13. The van der Waals surface area contributed by atoms with E-state index >= 15 is 0 Å². The van der Waals surface area contributed by atoms with E-state index in [1.807, 2.05) is 48.5 Å². The lowest BCUT2D eigenvalue weighted by molar-refractivity contribution is 0.0954. The molecule has 0 unspecified atom stereocenters. The molecule has 0 saturated heterocycles. The second-order valence-corrected chi connectivity index (χ2v) is 9.30. The molecule has 0 saturated carbocycles. The van der Waals surface area contributed by atoms with Gasteiger partial charge in [0.15, 0.2) is 0 Å². The molecule has 36 heavy (non-hydrogen) atoms. The maximum absolute atomic E-state index is 12.7. The van der Waals surface area contributed by atoms with E-state index in [9.17, 15) is 9.59 Å². The summed E-state index contributed by atoms with van der Waals surface area (Å²) in [6.07, 6.45) is 3.16. The zero-order chi connectivity index (χ0) is 26.2. The number of hydrogen-bond acceptors (Lipinski definition) is 5. The Labute approximate surface area is 212 Å². The van der Waals surface area contributed by atoms with Gasteiger partial charge < -0.3 is 0 Å². The molecule has 7 nitrogen and oxygen atoms in total. The van der Waals surface area contributed by atoms with E-state index in [0.717, 1.165) is 11.1 Å². The van der Waals surface area contributed by atoms with Crippen LogP contribution in [0.25, 0.3) is 0 Å². The first-order chi connectivity index (χ1) is 17.2. The highest BCUT2D eigenvalue weighted by Gasteiger charge is 2.17. The van der Waals surface area contributed by atoms with Gasteiger partial charge in [-0.15, -0.1) is 0 Å². The molecule has 3 rings (SSSR count). The van der Waals surface area contributed by atoms with Crippen LogP contribution in [0, 0.1) is 13.8 Å². The van der Waals surface area contributed by atoms with Crippen LogP contribution in [0.5, 0.6) is 0 Å². The van der Waals surface area contributed by atoms with Crippen LogP contribution < -0.4 is 10.9 Å². The Bertz CT molecular complexity index is 1180. The zero-order valence-corrected chi connectivity index (χ0v) is 21.7. The molecule has 2 aromatic carbocycles. The minimum Gasteiger partial charge on any atom is -0.267 e. The molecule has 0 aliphatic heterocycles. The molecule has 1 heterocycles. The highest BCUT2D eigenvalue weighted by atomic mass is 16.2. The lowest BCUT2D eigenvalue weighted by Crippen LogP contribution is -2.23. The molecule has 0 radical (unpaired) electrons. The van der Waals surface area contributed by atoms with Crippen molar-refractivity contribution in [2.75, 3.05) is 0 Å². The maximum Gasteiger partial charge on any atom is 0.273 e. The van der Waals surface area contributed by atoms with Gasteiger partial charge in [0.05, 0.1) is 34.9 Å². The van der Waals surface area contributed by atoms with E-state index in [1.54, 1.807) is 26.3 Å². The molecule has 186 valence electrons. The molecule has 0 fully saturated rings. The van der Waals surface area contributed by atoms with Gasteiger partial charge in [0.2, 0.25) is 0 Å². The second kappa shape index (κ2) is 12.0. The van der Waals surface area contributed by atoms with Crippen LogP contribution >= 0.6 is 0 Å². The molecule has 2 amide bonds. The molecular weight excluding hydrogens is 450 g/mol. The summed E-state index contributed by atoms with van der Waals surface area (Å²) < 4.78 is 0. The van der Waals surface area contributed by atoms with Crippen LogP contribution in [0.2, 0.25) is 0 Å². The van der Waals surface area contributed by atoms with Crippen LogP contribution in [0.15, 0.2) is 64.8 Å². The number of carbonyl (C=O) groups is 2. The highest BCUT2D eigenvalue weighted by molar-refractivity contribution is 6.01. The van der Waals surface area contributed by atoms with Gasteiger partial charge in [-0.3, -0.25) is 14.6 Å². The third-order valence-corrected chi connectivity index (χ3v) is 5.86. The fraction of sp³-hybridized carbons (Fsp3) is 0.276. The largest absolute Gasteiger partial charge is 0.273 e. The van der Waals surface area contributed by atoms with E-state index in [4.69, 9.17) is 0 Å². The predicted molar refractivity (Wildman–Crippen MR) is 145 cm³/mol. The van der Waals surface area contributed by atoms with Crippen LogP contribution in [-0.4, -0.2) is 29.2 Å². The van der Waals surface area contributed by atoms with Crippen molar-refractivity contribution in [2.24, 2.45) is 10.2 Å². The van der Waals surface area contributed by atoms with Crippen LogP contribution in [0.3, 0.4) is 0 Å². The summed E-state index contributed by atoms with van der Waals surface area (Å²) in [5.74, 6) is -0.00204. The van der Waals surface area contributed by atoms with Crippen molar-refractivity contribution < 1.29 is 9.59 Å². The normalized spacial score (nSPS) is 11.6. The summed E-state index contributed by atoms with van der Waals surface area (Å²) in [5.41, 5.74) is 10.8. The maximum atomic E-state index is 12.7.